The number of methoxy groups -OCH3 is 3. The monoisotopic (exact) mass is 469 g/mol. The van der Waals surface area contributed by atoms with Crippen LogP contribution in [0.25, 0.3) is 5.76 Å². The van der Waals surface area contributed by atoms with E-state index in [1.54, 1.807) is 42.5 Å². The molecule has 8 nitrogen and oxygen atoms in total. The molecule has 34 heavy (non-hydrogen) atoms. The number of hydrogen-bond donors (Lipinski definition) is 1. The number of rotatable bonds is 10. The highest BCUT2D eigenvalue weighted by atomic mass is 16.5. The van der Waals surface area contributed by atoms with E-state index in [-0.39, 0.29) is 24.5 Å². The molecule has 1 aliphatic heterocycles. The fraction of sp³-hybridized carbons (Fsp3) is 0.385. The molecule has 2 aromatic carbocycles. The van der Waals surface area contributed by atoms with Gasteiger partial charge < -0.3 is 29.0 Å². The number of carbonyl (C=O) groups is 2. The fourth-order valence-corrected chi connectivity index (χ4v) is 3.80. The van der Waals surface area contributed by atoms with Gasteiger partial charge in [-0.25, -0.2) is 0 Å². The number of aliphatic hydroxyl groups is 1. The van der Waals surface area contributed by atoms with Crippen LogP contribution in [0.5, 0.6) is 17.2 Å². The molecule has 1 heterocycles. The molecule has 1 fully saturated rings. The van der Waals surface area contributed by atoms with Gasteiger partial charge in [0.1, 0.15) is 11.5 Å². The van der Waals surface area contributed by atoms with Crippen LogP contribution in [-0.4, -0.2) is 62.8 Å². The Labute approximate surface area is 199 Å². The second-order valence-corrected chi connectivity index (χ2v) is 8.33. The Kier molecular flexibility index (Phi) is 8.17. The fourth-order valence-electron chi connectivity index (χ4n) is 3.80. The van der Waals surface area contributed by atoms with Crippen LogP contribution in [-0.2, 0) is 14.3 Å². The van der Waals surface area contributed by atoms with Gasteiger partial charge in [0.25, 0.3) is 11.7 Å². The SMILES string of the molecule is COCCN1C(=O)C(=O)C(=C(O)c2ccc(OCC(C)C)cc2)[C@H]1c1ccc(OC)c(OC)c1. The van der Waals surface area contributed by atoms with Crippen LogP contribution in [0, 0.1) is 5.92 Å². The van der Waals surface area contributed by atoms with Crippen molar-refractivity contribution < 1.29 is 33.6 Å². The van der Waals surface area contributed by atoms with E-state index in [0.717, 1.165) is 0 Å². The van der Waals surface area contributed by atoms with Gasteiger partial charge in [0.05, 0.1) is 39.0 Å². The molecule has 1 atom stereocenters. The Morgan fingerprint density at radius 3 is 2.26 bits per heavy atom. The molecule has 1 saturated heterocycles. The molecule has 2 aromatic rings. The topological polar surface area (TPSA) is 94.5 Å². The summed E-state index contributed by atoms with van der Waals surface area (Å²) >= 11 is 0. The molecule has 0 unspecified atom stereocenters. The zero-order valence-electron chi connectivity index (χ0n) is 20.2. The lowest BCUT2D eigenvalue weighted by molar-refractivity contribution is -0.140. The van der Waals surface area contributed by atoms with E-state index in [0.29, 0.717) is 40.9 Å². The minimum Gasteiger partial charge on any atom is -0.507 e. The summed E-state index contributed by atoms with van der Waals surface area (Å²) in [6, 6.07) is 11.1. The van der Waals surface area contributed by atoms with Gasteiger partial charge in [0, 0.05) is 19.2 Å². The number of carbonyl (C=O) groups excluding carboxylic acids is 2. The average Bonchev–Trinajstić information content (AvgIpc) is 3.10. The van der Waals surface area contributed by atoms with E-state index < -0.39 is 17.7 Å². The van der Waals surface area contributed by atoms with E-state index in [4.69, 9.17) is 18.9 Å². The van der Waals surface area contributed by atoms with Crippen molar-refractivity contribution in [3.8, 4) is 17.2 Å². The molecule has 8 heteroatoms. The van der Waals surface area contributed by atoms with E-state index in [2.05, 4.69) is 13.8 Å². The smallest absolute Gasteiger partial charge is 0.295 e. The molecule has 0 aromatic heterocycles. The van der Waals surface area contributed by atoms with Crippen molar-refractivity contribution in [1.82, 2.24) is 4.90 Å². The Bertz CT molecular complexity index is 1060. The summed E-state index contributed by atoms with van der Waals surface area (Å²) in [5, 5.41) is 11.2. The first-order valence-electron chi connectivity index (χ1n) is 11.0. The second kappa shape index (κ2) is 11.1. The normalized spacial score (nSPS) is 17.4. The van der Waals surface area contributed by atoms with Crippen molar-refractivity contribution >= 4 is 17.4 Å². The minimum atomic E-state index is -0.813. The van der Waals surface area contributed by atoms with Crippen molar-refractivity contribution in [2.45, 2.75) is 19.9 Å². The second-order valence-electron chi connectivity index (χ2n) is 8.33. The Hall–Kier alpha value is -3.52. The summed E-state index contributed by atoms with van der Waals surface area (Å²) in [6.07, 6.45) is 0. The van der Waals surface area contributed by atoms with Gasteiger partial charge >= 0.3 is 0 Å². The molecular weight excluding hydrogens is 438 g/mol. The summed E-state index contributed by atoms with van der Waals surface area (Å²) in [5.41, 5.74) is 1.02. The zero-order chi connectivity index (χ0) is 24.8. The van der Waals surface area contributed by atoms with Crippen molar-refractivity contribution in [2.75, 3.05) is 41.1 Å². The Balaban J connectivity index is 2.07. The molecule has 0 bridgehead atoms. The highest BCUT2D eigenvalue weighted by Crippen LogP contribution is 2.41. The maximum absolute atomic E-state index is 13.1. The van der Waals surface area contributed by atoms with Crippen LogP contribution in [0.4, 0.5) is 0 Å². The van der Waals surface area contributed by atoms with Crippen molar-refractivity contribution in [3.63, 3.8) is 0 Å². The van der Waals surface area contributed by atoms with Crippen molar-refractivity contribution in [3.05, 3.63) is 59.2 Å². The summed E-state index contributed by atoms with van der Waals surface area (Å²) in [4.78, 5) is 27.4. The summed E-state index contributed by atoms with van der Waals surface area (Å²) < 4.78 is 21.6. The molecule has 0 saturated carbocycles. The lowest BCUT2D eigenvalue weighted by Gasteiger charge is -2.25. The van der Waals surface area contributed by atoms with Gasteiger partial charge in [-0.2, -0.15) is 0 Å². The van der Waals surface area contributed by atoms with Crippen LogP contribution < -0.4 is 14.2 Å². The van der Waals surface area contributed by atoms with Gasteiger partial charge in [-0.1, -0.05) is 19.9 Å². The lowest BCUT2D eigenvalue weighted by atomic mass is 9.95. The van der Waals surface area contributed by atoms with Gasteiger partial charge in [-0.3, -0.25) is 9.59 Å². The predicted octanol–water partition coefficient (Wildman–Crippen LogP) is 3.81. The third-order valence-electron chi connectivity index (χ3n) is 5.51. The summed E-state index contributed by atoms with van der Waals surface area (Å²) in [6.45, 7) is 5.08. The van der Waals surface area contributed by atoms with Gasteiger partial charge in [0.15, 0.2) is 11.5 Å². The first-order chi connectivity index (χ1) is 16.3. The molecule has 1 aliphatic rings. The highest BCUT2D eigenvalue weighted by Gasteiger charge is 2.46. The number of amides is 1. The minimum absolute atomic E-state index is 0.00386. The standard InChI is InChI=1S/C26H31NO7/c1-16(2)15-34-19-9-6-17(7-10-19)24(28)22-23(27(12-13-31-3)26(30)25(22)29)18-8-11-20(32-4)21(14-18)33-5/h6-11,14,16,23,28H,12-13,15H2,1-5H3/t23-/m1/s1. The Morgan fingerprint density at radius 2 is 1.68 bits per heavy atom. The maximum atomic E-state index is 13.1. The molecule has 1 N–H and O–H groups in total. The van der Waals surface area contributed by atoms with Crippen molar-refractivity contribution in [1.29, 1.82) is 0 Å². The highest BCUT2D eigenvalue weighted by molar-refractivity contribution is 6.46. The van der Waals surface area contributed by atoms with Crippen LogP contribution in [0.3, 0.4) is 0 Å². The van der Waals surface area contributed by atoms with Gasteiger partial charge in [0.2, 0.25) is 0 Å². The van der Waals surface area contributed by atoms with Crippen LogP contribution in [0.1, 0.15) is 31.0 Å². The van der Waals surface area contributed by atoms with E-state index in [1.165, 1.54) is 26.2 Å². The van der Waals surface area contributed by atoms with Crippen LogP contribution in [0.15, 0.2) is 48.0 Å². The number of Topliss-reactive ketones (excluding diaryl/α,β-unsaturated/α-hetero) is 1. The van der Waals surface area contributed by atoms with E-state index >= 15 is 0 Å². The predicted molar refractivity (Wildman–Crippen MR) is 127 cm³/mol. The number of benzene rings is 2. The quantitative estimate of drug-likeness (QED) is 0.321. The number of hydrogen-bond acceptors (Lipinski definition) is 7. The third-order valence-corrected chi connectivity index (χ3v) is 5.51. The lowest BCUT2D eigenvalue weighted by Crippen LogP contribution is -2.32. The average molecular weight is 470 g/mol. The Morgan fingerprint density at radius 1 is 1.00 bits per heavy atom. The number of ketones is 1. The molecule has 0 spiro atoms. The van der Waals surface area contributed by atoms with Crippen molar-refractivity contribution in [2.24, 2.45) is 5.92 Å². The maximum Gasteiger partial charge on any atom is 0.295 e. The third kappa shape index (κ3) is 5.17. The molecule has 182 valence electrons. The van der Waals surface area contributed by atoms with Crippen LogP contribution in [0.2, 0.25) is 0 Å². The first-order valence-corrected chi connectivity index (χ1v) is 11.0. The number of ether oxygens (including phenoxy) is 4. The van der Waals surface area contributed by atoms with Gasteiger partial charge in [-0.05, 0) is 47.9 Å². The first kappa shape index (κ1) is 25.1. The van der Waals surface area contributed by atoms with Crippen LogP contribution >= 0.6 is 0 Å². The molecule has 1 amide bonds. The van der Waals surface area contributed by atoms with E-state index in [9.17, 15) is 14.7 Å². The van der Waals surface area contributed by atoms with Gasteiger partial charge in [-0.15, -0.1) is 0 Å². The number of aliphatic hydroxyl groups excluding tert-OH is 1. The molecule has 3 rings (SSSR count). The number of nitrogens with zero attached hydrogens (tertiary/aromatic N) is 1. The molecular formula is C26H31NO7. The van der Waals surface area contributed by atoms with E-state index in [1.807, 2.05) is 0 Å². The number of likely N-dealkylation sites (tertiary alicyclic amines) is 1. The summed E-state index contributed by atoms with van der Waals surface area (Å²) in [7, 11) is 4.55. The zero-order valence-corrected chi connectivity index (χ0v) is 20.2. The molecule has 0 radical (unpaired) electrons. The molecule has 0 aliphatic carbocycles. The largest absolute Gasteiger partial charge is 0.507 e. The summed E-state index contributed by atoms with van der Waals surface area (Å²) in [5.74, 6) is 0.276.